The van der Waals surface area contributed by atoms with E-state index in [1.54, 1.807) is 0 Å². The molecule has 1 aliphatic rings. The number of aromatic nitrogens is 3. The van der Waals surface area contributed by atoms with Crippen molar-refractivity contribution in [3.8, 4) is 11.4 Å². The number of nitrogens with zero attached hydrogens (tertiary/aromatic N) is 4. The Bertz CT molecular complexity index is 791. The van der Waals surface area contributed by atoms with Crippen molar-refractivity contribution in [3.05, 3.63) is 29.8 Å². The van der Waals surface area contributed by atoms with E-state index in [0.717, 1.165) is 5.56 Å². The average molecular weight is 390 g/mol. The summed E-state index contributed by atoms with van der Waals surface area (Å²) in [6.07, 6.45) is 0. The molecule has 1 aliphatic heterocycles. The maximum atomic E-state index is 12.6. The molecule has 7 nitrogen and oxygen atoms in total. The quantitative estimate of drug-likeness (QED) is 0.638. The lowest BCUT2D eigenvalue weighted by molar-refractivity contribution is -0.134. The molecule has 27 heavy (non-hydrogen) atoms. The molecule has 146 valence electrons. The van der Waals surface area contributed by atoms with Crippen LogP contribution in [0.25, 0.3) is 11.4 Å². The van der Waals surface area contributed by atoms with E-state index in [1.165, 1.54) is 22.0 Å². The van der Waals surface area contributed by atoms with Crippen molar-refractivity contribution >= 4 is 17.7 Å². The normalized spacial score (nSPS) is 16.4. The molecule has 2 heterocycles. The summed E-state index contributed by atoms with van der Waals surface area (Å²) in [5.74, 6) is 6.87. The van der Waals surface area contributed by atoms with Gasteiger partial charge in [0.15, 0.2) is 5.82 Å². The number of thioether (sulfide) groups is 1. The fourth-order valence-electron chi connectivity index (χ4n) is 2.92. The summed E-state index contributed by atoms with van der Waals surface area (Å²) in [6.45, 7) is 10.8. The molecule has 1 aromatic heterocycles. The van der Waals surface area contributed by atoms with Gasteiger partial charge in [-0.15, -0.1) is 10.2 Å². The maximum Gasteiger partial charge on any atom is 0.236 e. The lowest BCUT2D eigenvalue weighted by Crippen LogP contribution is -2.44. The molecule has 0 radical (unpaired) electrons. The first-order valence-electron chi connectivity index (χ1n) is 9.12. The molecule has 8 heteroatoms. The summed E-state index contributed by atoms with van der Waals surface area (Å²) >= 11 is 1.33. The molecule has 1 amide bonds. The van der Waals surface area contributed by atoms with Crippen molar-refractivity contribution < 1.29 is 9.53 Å². The summed E-state index contributed by atoms with van der Waals surface area (Å²) in [7, 11) is 0. The first-order chi connectivity index (χ1) is 12.8. The topological polar surface area (TPSA) is 86.3 Å². The second-order valence-corrected chi connectivity index (χ2v) is 9.01. The minimum absolute atomic E-state index is 0.0716. The molecular weight excluding hydrogens is 362 g/mol. The van der Waals surface area contributed by atoms with Gasteiger partial charge in [-0.25, -0.2) is 4.68 Å². The Kier molecular flexibility index (Phi) is 5.76. The van der Waals surface area contributed by atoms with Gasteiger partial charge in [0.05, 0.1) is 18.5 Å². The number of morpholine rings is 1. The number of rotatable bonds is 4. The highest BCUT2D eigenvalue weighted by Gasteiger charge is 2.25. The second-order valence-electron chi connectivity index (χ2n) is 7.70. The molecule has 0 aliphatic carbocycles. The largest absolute Gasteiger partial charge is 0.378 e. The third kappa shape index (κ3) is 4.44. The lowest BCUT2D eigenvalue weighted by Gasteiger charge is -2.28. The minimum Gasteiger partial charge on any atom is -0.378 e. The van der Waals surface area contributed by atoms with Crippen LogP contribution in [0, 0.1) is 0 Å². The molecule has 0 bridgehead atoms. The third-order valence-electron chi connectivity index (χ3n) is 4.63. The summed E-state index contributed by atoms with van der Waals surface area (Å²) in [6, 6.07) is 8.18. The maximum absolute atomic E-state index is 12.6. The highest BCUT2D eigenvalue weighted by atomic mass is 32.2. The van der Waals surface area contributed by atoms with Crippen LogP contribution in [0.4, 0.5) is 0 Å². The van der Waals surface area contributed by atoms with Crippen LogP contribution in [0.15, 0.2) is 29.4 Å². The Morgan fingerprint density at radius 3 is 2.41 bits per heavy atom. The lowest BCUT2D eigenvalue weighted by atomic mass is 9.87. The Balaban J connectivity index is 1.72. The van der Waals surface area contributed by atoms with Gasteiger partial charge < -0.3 is 15.5 Å². The zero-order valence-corrected chi connectivity index (χ0v) is 17.1. The number of hydrogen-bond acceptors (Lipinski definition) is 6. The van der Waals surface area contributed by atoms with Crippen molar-refractivity contribution in [2.45, 2.75) is 43.5 Å². The predicted molar refractivity (Wildman–Crippen MR) is 107 cm³/mol. The van der Waals surface area contributed by atoms with Gasteiger partial charge in [0.2, 0.25) is 11.1 Å². The van der Waals surface area contributed by atoms with Crippen LogP contribution in [0.3, 0.4) is 0 Å². The zero-order valence-electron chi connectivity index (χ0n) is 16.3. The van der Waals surface area contributed by atoms with Gasteiger partial charge in [-0.2, -0.15) is 0 Å². The predicted octanol–water partition coefficient (Wildman–Crippen LogP) is 2.30. The van der Waals surface area contributed by atoms with Crippen LogP contribution in [0.5, 0.6) is 0 Å². The van der Waals surface area contributed by atoms with Gasteiger partial charge in [-0.05, 0) is 17.9 Å². The molecule has 1 aromatic carbocycles. The van der Waals surface area contributed by atoms with Gasteiger partial charge in [-0.1, -0.05) is 56.8 Å². The third-order valence-corrected chi connectivity index (χ3v) is 5.67. The van der Waals surface area contributed by atoms with Crippen LogP contribution in [-0.2, 0) is 14.9 Å². The summed E-state index contributed by atoms with van der Waals surface area (Å²) < 4.78 is 6.76. The molecule has 1 saturated heterocycles. The van der Waals surface area contributed by atoms with E-state index in [4.69, 9.17) is 10.6 Å². The first kappa shape index (κ1) is 19.7. The van der Waals surface area contributed by atoms with E-state index >= 15 is 0 Å². The number of carbonyl (C=O) groups excluding carboxylic acids is 1. The molecule has 2 aromatic rings. The van der Waals surface area contributed by atoms with Crippen molar-refractivity contribution in [2.24, 2.45) is 0 Å². The van der Waals surface area contributed by atoms with E-state index in [0.29, 0.717) is 37.3 Å². The highest BCUT2D eigenvalue weighted by molar-refractivity contribution is 8.00. The van der Waals surface area contributed by atoms with Crippen LogP contribution in [0.1, 0.15) is 33.3 Å². The van der Waals surface area contributed by atoms with E-state index in [1.807, 2.05) is 24.0 Å². The number of nitrogen functional groups attached to an aromatic ring is 1. The summed E-state index contributed by atoms with van der Waals surface area (Å²) in [4.78, 5) is 14.4. The van der Waals surface area contributed by atoms with Gasteiger partial charge >= 0.3 is 0 Å². The first-order valence-corrected chi connectivity index (χ1v) is 10.00. The van der Waals surface area contributed by atoms with Gasteiger partial charge in [0.25, 0.3) is 0 Å². The Morgan fingerprint density at radius 1 is 1.19 bits per heavy atom. The molecule has 2 N–H and O–H groups in total. The number of hydrogen-bond donors (Lipinski definition) is 1. The molecule has 1 unspecified atom stereocenters. The van der Waals surface area contributed by atoms with Crippen LogP contribution in [0.2, 0.25) is 0 Å². The van der Waals surface area contributed by atoms with Crippen molar-refractivity contribution in [2.75, 3.05) is 32.1 Å². The highest BCUT2D eigenvalue weighted by Crippen LogP contribution is 2.28. The van der Waals surface area contributed by atoms with Crippen molar-refractivity contribution in [1.82, 2.24) is 19.8 Å². The monoisotopic (exact) mass is 389 g/mol. The molecular formula is C19H27N5O2S. The number of benzene rings is 1. The fraction of sp³-hybridized carbons (Fsp3) is 0.526. The second kappa shape index (κ2) is 7.90. The Hall–Kier alpha value is -2.06. The smallest absolute Gasteiger partial charge is 0.236 e. The molecule has 0 spiro atoms. The van der Waals surface area contributed by atoms with Gasteiger partial charge in [0, 0.05) is 18.7 Å². The van der Waals surface area contributed by atoms with E-state index in [9.17, 15) is 4.79 Å². The number of nitrogens with two attached hydrogens (primary N) is 1. The zero-order chi connectivity index (χ0) is 19.6. The SMILES string of the molecule is CC(Sc1nnc(-c2ccc(C(C)(C)C)cc2)n1N)C(=O)N1CCOCC1. The van der Waals surface area contributed by atoms with Crippen LogP contribution >= 0.6 is 11.8 Å². The Morgan fingerprint density at radius 2 is 1.81 bits per heavy atom. The standard InChI is InChI=1S/C19H27N5O2S/c1-13(17(25)23-9-11-26-12-10-23)27-18-22-21-16(24(18)20)14-5-7-15(8-6-14)19(2,3)4/h5-8,13H,9-12,20H2,1-4H3. The van der Waals surface area contributed by atoms with Crippen molar-refractivity contribution in [1.29, 1.82) is 0 Å². The number of amides is 1. The summed E-state index contributed by atoms with van der Waals surface area (Å²) in [5.41, 5.74) is 2.23. The van der Waals surface area contributed by atoms with Gasteiger partial charge in [0.1, 0.15) is 0 Å². The van der Waals surface area contributed by atoms with E-state index in [-0.39, 0.29) is 16.6 Å². The average Bonchev–Trinajstić information content (AvgIpc) is 3.01. The minimum atomic E-state index is -0.286. The van der Waals surface area contributed by atoms with Gasteiger partial charge in [-0.3, -0.25) is 4.79 Å². The fourth-order valence-corrected chi connectivity index (χ4v) is 3.78. The number of carbonyl (C=O) groups is 1. The molecule has 3 rings (SSSR count). The molecule has 0 saturated carbocycles. The summed E-state index contributed by atoms with van der Waals surface area (Å²) in [5, 5.41) is 8.65. The van der Waals surface area contributed by atoms with Crippen LogP contribution in [-0.4, -0.2) is 57.2 Å². The molecule has 1 fully saturated rings. The molecule has 1 atom stereocenters. The number of ether oxygens (including phenoxy) is 1. The Labute approximate surface area is 164 Å². The van der Waals surface area contributed by atoms with Crippen molar-refractivity contribution in [3.63, 3.8) is 0 Å². The van der Waals surface area contributed by atoms with Crippen LogP contribution < -0.4 is 5.84 Å². The van der Waals surface area contributed by atoms with E-state index in [2.05, 4.69) is 43.1 Å². The van der Waals surface area contributed by atoms with E-state index < -0.39 is 0 Å².